The highest BCUT2D eigenvalue weighted by Crippen LogP contribution is 2.12. The first kappa shape index (κ1) is 13.5. The molecule has 1 amide bonds. The van der Waals surface area contributed by atoms with E-state index in [1.165, 1.54) is 0 Å². The Balaban J connectivity index is 2.61. The molecule has 1 aromatic carbocycles. The minimum Gasteiger partial charge on any atom is -0.399 e. The maximum Gasteiger partial charge on any atom is 0.251 e. The van der Waals surface area contributed by atoms with Crippen LogP contribution in [0.5, 0.6) is 0 Å². The van der Waals surface area contributed by atoms with Crippen molar-refractivity contribution in [3.8, 4) is 0 Å². The van der Waals surface area contributed by atoms with E-state index in [1.54, 1.807) is 12.1 Å². The molecular weight excluding hydrogens is 216 g/mol. The van der Waals surface area contributed by atoms with Crippen molar-refractivity contribution in [3.05, 3.63) is 29.3 Å². The van der Waals surface area contributed by atoms with Crippen molar-refractivity contribution in [2.75, 3.05) is 18.9 Å². The average Bonchev–Trinajstić information content (AvgIpc) is 2.29. The Labute approximate surface area is 102 Å². The topological polar surface area (TPSA) is 64.3 Å². The number of nitrogens with two attached hydrogens (primary N) is 1. The smallest absolute Gasteiger partial charge is 0.251 e. The number of anilines is 1. The molecule has 0 aliphatic carbocycles. The van der Waals surface area contributed by atoms with Crippen LogP contribution in [-0.4, -0.2) is 25.2 Å². The van der Waals surface area contributed by atoms with Crippen molar-refractivity contribution < 1.29 is 9.53 Å². The van der Waals surface area contributed by atoms with Crippen molar-refractivity contribution in [2.24, 2.45) is 0 Å². The molecule has 94 valence electrons. The second-order valence-corrected chi connectivity index (χ2v) is 4.05. The Morgan fingerprint density at radius 1 is 1.53 bits per heavy atom. The molecule has 0 bridgehead atoms. The zero-order chi connectivity index (χ0) is 12.8. The molecule has 4 nitrogen and oxygen atoms in total. The first-order valence-electron chi connectivity index (χ1n) is 5.80. The molecule has 0 spiro atoms. The minimum absolute atomic E-state index is 0.0188. The molecule has 0 aliphatic heterocycles. The first-order chi connectivity index (χ1) is 8.04. The molecule has 17 heavy (non-hydrogen) atoms. The number of nitrogen functional groups attached to an aromatic ring is 1. The van der Waals surface area contributed by atoms with Gasteiger partial charge < -0.3 is 15.8 Å². The van der Waals surface area contributed by atoms with Gasteiger partial charge in [0.25, 0.3) is 5.91 Å². The zero-order valence-corrected chi connectivity index (χ0v) is 10.6. The summed E-state index contributed by atoms with van der Waals surface area (Å²) < 4.78 is 5.34. The lowest BCUT2D eigenvalue weighted by atomic mass is 10.1. The number of carbonyl (C=O) groups excluding carboxylic acids is 1. The van der Waals surface area contributed by atoms with Gasteiger partial charge in [-0.25, -0.2) is 0 Å². The van der Waals surface area contributed by atoms with E-state index in [4.69, 9.17) is 10.5 Å². The molecule has 1 rings (SSSR count). The van der Waals surface area contributed by atoms with Crippen LogP contribution in [0.2, 0.25) is 0 Å². The summed E-state index contributed by atoms with van der Waals surface area (Å²) in [6.45, 7) is 6.89. The molecule has 0 fully saturated rings. The minimum atomic E-state index is -0.110. The van der Waals surface area contributed by atoms with Crippen LogP contribution in [0.25, 0.3) is 0 Å². The summed E-state index contributed by atoms with van der Waals surface area (Å²) in [6, 6.07) is 5.32. The van der Waals surface area contributed by atoms with E-state index in [0.29, 0.717) is 24.4 Å². The lowest BCUT2D eigenvalue weighted by Crippen LogP contribution is -2.32. The summed E-state index contributed by atoms with van der Waals surface area (Å²) in [5, 5.41) is 2.83. The Bertz CT molecular complexity index is 391. The van der Waals surface area contributed by atoms with E-state index in [0.717, 1.165) is 5.56 Å². The zero-order valence-electron chi connectivity index (χ0n) is 10.6. The van der Waals surface area contributed by atoms with E-state index >= 15 is 0 Å². The van der Waals surface area contributed by atoms with Crippen molar-refractivity contribution in [1.82, 2.24) is 5.32 Å². The van der Waals surface area contributed by atoms with Gasteiger partial charge in [-0.3, -0.25) is 4.79 Å². The molecule has 0 aliphatic rings. The summed E-state index contributed by atoms with van der Waals surface area (Å²) in [4.78, 5) is 11.9. The third kappa shape index (κ3) is 4.07. The van der Waals surface area contributed by atoms with Gasteiger partial charge in [-0.1, -0.05) is 6.07 Å². The van der Waals surface area contributed by atoms with Crippen LogP contribution in [0.1, 0.15) is 29.8 Å². The number of rotatable bonds is 5. The summed E-state index contributed by atoms with van der Waals surface area (Å²) in [5.41, 5.74) is 7.80. The fourth-order valence-corrected chi connectivity index (χ4v) is 1.56. The number of nitrogens with one attached hydrogen (secondary N) is 1. The van der Waals surface area contributed by atoms with Gasteiger partial charge in [-0.2, -0.15) is 0 Å². The van der Waals surface area contributed by atoms with Crippen LogP contribution < -0.4 is 11.1 Å². The summed E-state index contributed by atoms with van der Waals surface area (Å²) in [6.07, 6.45) is 0.0188. The average molecular weight is 236 g/mol. The van der Waals surface area contributed by atoms with Crippen LogP contribution in [0, 0.1) is 6.92 Å². The first-order valence-corrected chi connectivity index (χ1v) is 5.80. The molecular formula is C13H20N2O2. The molecule has 0 saturated carbocycles. The second-order valence-electron chi connectivity index (χ2n) is 4.05. The van der Waals surface area contributed by atoms with Crippen molar-refractivity contribution in [1.29, 1.82) is 0 Å². The van der Waals surface area contributed by atoms with E-state index in [1.807, 2.05) is 26.8 Å². The van der Waals surface area contributed by atoms with Crippen LogP contribution in [0.4, 0.5) is 5.69 Å². The van der Waals surface area contributed by atoms with Gasteiger partial charge in [0, 0.05) is 24.4 Å². The SMILES string of the molecule is CCOC(C)CNC(=O)c1cc(N)ccc1C. The van der Waals surface area contributed by atoms with E-state index < -0.39 is 0 Å². The van der Waals surface area contributed by atoms with Crippen molar-refractivity contribution >= 4 is 11.6 Å². The molecule has 1 unspecified atom stereocenters. The number of carbonyl (C=O) groups is 1. The quantitative estimate of drug-likeness (QED) is 0.765. The Morgan fingerprint density at radius 2 is 2.24 bits per heavy atom. The molecule has 0 saturated heterocycles. The Hall–Kier alpha value is -1.55. The van der Waals surface area contributed by atoms with E-state index in [-0.39, 0.29) is 12.0 Å². The lowest BCUT2D eigenvalue weighted by molar-refractivity contribution is 0.0695. The predicted molar refractivity (Wildman–Crippen MR) is 69.0 cm³/mol. The highest BCUT2D eigenvalue weighted by atomic mass is 16.5. The normalized spacial score (nSPS) is 12.2. The van der Waals surface area contributed by atoms with E-state index in [9.17, 15) is 4.79 Å². The Kier molecular flexibility index (Phi) is 4.97. The standard InChI is InChI=1S/C13H20N2O2/c1-4-17-10(3)8-15-13(16)12-7-11(14)6-5-9(12)2/h5-7,10H,4,8,14H2,1-3H3,(H,15,16). The third-order valence-electron chi connectivity index (χ3n) is 2.51. The highest BCUT2D eigenvalue weighted by Gasteiger charge is 2.10. The number of hydrogen-bond acceptors (Lipinski definition) is 3. The molecule has 1 atom stereocenters. The van der Waals surface area contributed by atoms with Gasteiger partial charge in [0.15, 0.2) is 0 Å². The number of aryl methyl sites for hydroxylation is 1. The van der Waals surface area contributed by atoms with Crippen LogP contribution in [0.15, 0.2) is 18.2 Å². The maximum absolute atomic E-state index is 11.9. The number of amides is 1. The largest absolute Gasteiger partial charge is 0.399 e. The van der Waals surface area contributed by atoms with Gasteiger partial charge in [-0.05, 0) is 38.5 Å². The molecule has 0 aromatic heterocycles. The fraction of sp³-hybridized carbons (Fsp3) is 0.462. The van der Waals surface area contributed by atoms with Gasteiger partial charge in [0.1, 0.15) is 0 Å². The Morgan fingerprint density at radius 3 is 2.88 bits per heavy atom. The van der Waals surface area contributed by atoms with Gasteiger partial charge >= 0.3 is 0 Å². The summed E-state index contributed by atoms with van der Waals surface area (Å²) in [5.74, 6) is -0.110. The monoisotopic (exact) mass is 236 g/mol. The maximum atomic E-state index is 11.9. The molecule has 1 aromatic rings. The van der Waals surface area contributed by atoms with Crippen LogP contribution >= 0.6 is 0 Å². The highest BCUT2D eigenvalue weighted by molar-refractivity contribution is 5.96. The van der Waals surface area contributed by atoms with E-state index in [2.05, 4.69) is 5.32 Å². The molecule has 3 N–H and O–H groups in total. The van der Waals surface area contributed by atoms with Gasteiger partial charge in [-0.15, -0.1) is 0 Å². The number of ether oxygens (including phenoxy) is 1. The van der Waals surface area contributed by atoms with Crippen molar-refractivity contribution in [2.45, 2.75) is 26.9 Å². The summed E-state index contributed by atoms with van der Waals surface area (Å²) in [7, 11) is 0. The van der Waals surface area contributed by atoms with Crippen LogP contribution in [-0.2, 0) is 4.74 Å². The van der Waals surface area contributed by atoms with Gasteiger partial charge in [0.05, 0.1) is 6.10 Å². The lowest BCUT2D eigenvalue weighted by Gasteiger charge is -2.13. The molecule has 4 heteroatoms. The molecule has 0 heterocycles. The fourth-order valence-electron chi connectivity index (χ4n) is 1.56. The summed E-state index contributed by atoms with van der Waals surface area (Å²) >= 11 is 0. The predicted octanol–water partition coefficient (Wildman–Crippen LogP) is 1.73. The number of benzene rings is 1. The van der Waals surface area contributed by atoms with Crippen molar-refractivity contribution in [3.63, 3.8) is 0 Å². The second kappa shape index (κ2) is 6.25. The third-order valence-corrected chi connectivity index (χ3v) is 2.51. The van der Waals surface area contributed by atoms with Crippen LogP contribution in [0.3, 0.4) is 0 Å². The number of hydrogen-bond donors (Lipinski definition) is 2. The van der Waals surface area contributed by atoms with Gasteiger partial charge in [0.2, 0.25) is 0 Å². The molecule has 0 radical (unpaired) electrons.